The Bertz CT molecular complexity index is 2240. The molecule has 0 N–H and O–H groups in total. The average Bonchev–Trinajstić information content (AvgIpc) is 3.47. The Labute approximate surface area is 383 Å². The molecule has 2 aliphatic rings. The van der Waals surface area contributed by atoms with Gasteiger partial charge in [-0.3, -0.25) is 19.2 Å². The lowest BCUT2D eigenvalue weighted by atomic mass is 10.1. The molecular formula is C50H54N4O8S2. The first-order valence-corrected chi connectivity index (χ1v) is 22.9. The van der Waals surface area contributed by atoms with Gasteiger partial charge in [-0.05, 0) is 99.0 Å². The number of anilines is 2. The van der Waals surface area contributed by atoms with Gasteiger partial charge in [-0.1, -0.05) is 72.8 Å². The topological polar surface area (TPSA) is 118 Å². The molecule has 0 aliphatic carbocycles. The zero-order chi connectivity index (χ0) is 45.3. The van der Waals surface area contributed by atoms with Crippen LogP contribution in [0.5, 0.6) is 11.5 Å². The lowest BCUT2D eigenvalue weighted by Gasteiger charge is -2.28. The van der Waals surface area contributed by atoms with Crippen molar-refractivity contribution in [3.63, 3.8) is 0 Å². The number of hydrogen-bond donors (Lipinski definition) is 0. The van der Waals surface area contributed by atoms with Crippen molar-refractivity contribution >= 4 is 58.7 Å². The van der Waals surface area contributed by atoms with Crippen LogP contribution >= 0.6 is 23.5 Å². The molecule has 14 heteroatoms. The second-order valence-corrected chi connectivity index (χ2v) is 18.6. The van der Waals surface area contributed by atoms with Crippen LogP contribution in [0.25, 0.3) is 0 Å². The number of carbonyl (C=O) groups is 4. The van der Waals surface area contributed by atoms with Crippen molar-refractivity contribution in [3.05, 3.63) is 144 Å². The molecule has 2 aliphatic heterocycles. The smallest absolute Gasteiger partial charge is 0.303 e. The highest BCUT2D eigenvalue weighted by molar-refractivity contribution is 8.00. The maximum absolute atomic E-state index is 14.1. The third-order valence-electron chi connectivity index (χ3n) is 10.8. The molecule has 2 amide bonds. The fourth-order valence-electron chi connectivity index (χ4n) is 7.46. The standard InChI is InChI=1S/C50H54N4O8S2/c1-33(55)61-45-47(63-43-13-9-7-11-41(43)53(49(45)57)29-27-51(3)4)37-19-23-39(24-20-37)59-31-35-15-17-36(18-16-35)32-60-40-25-21-38(22-26-40)48-46(62-34(2)56)50(58)54(30-28-52(5)6)42-12-8-10-14-44(42)64-48/h7-26,45-48H,27-32H2,1-6H3/t45-,46-,47+,48+/m1/s1. The van der Waals surface area contributed by atoms with E-state index in [1.54, 1.807) is 9.80 Å². The van der Waals surface area contributed by atoms with E-state index in [-0.39, 0.29) is 11.8 Å². The Morgan fingerprint density at radius 2 is 0.891 bits per heavy atom. The molecule has 0 radical (unpaired) electrons. The number of fused-ring (bicyclic) bond motifs is 2. The summed E-state index contributed by atoms with van der Waals surface area (Å²) in [7, 11) is 7.84. The van der Waals surface area contributed by atoms with Crippen LogP contribution in [0.2, 0.25) is 0 Å². The molecule has 5 aromatic rings. The number of rotatable bonds is 16. The third kappa shape index (κ3) is 11.5. The minimum absolute atomic E-state index is 0.250. The highest BCUT2D eigenvalue weighted by atomic mass is 32.2. The molecule has 0 saturated carbocycles. The maximum atomic E-state index is 14.1. The van der Waals surface area contributed by atoms with Crippen LogP contribution in [0.3, 0.4) is 0 Å². The summed E-state index contributed by atoms with van der Waals surface area (Å²) in [5.74, 6) is -0.189. The number of thioether (sulfide) groups is 2. The van der Waals surface area contributed by atoms with Gasteiger partial charge < -0.3 is 38.5 Å². The molecule has 0 aromatic heterocycles. The van der Waals surface area contributed by atoms with Gasteiger partial charge in [0.05, 0.1) is 21.9 Å². The van der Waals surface area contributed by atoms with E-state index in [1.165, 1.54) is 37.4 Å². The zero-order valence-electron chi connectivity index (χ0n) is 37.0. The van der Waals surface area contributed by atoms with Crippen LogP contribution in [0.4, 0.5) is 11.4 Å². The van der Waals surface area contributed by atoms with Gasteiger partial charge in [-0.25, -0.2) is 0 Å². The number of carbonyl (C=O) groups excluding carboxylic acids is 4. The first kappa shape index (κ1) is 46.2. The molecular weight excluding hydrogens is 849 g/mol. The molecule has 334 valence electrons. The number of amides is 2. The minimum Gasteiger partial charge on any atom is -0.489 e. The summed E-state index contributed by atoms with van der Waals surface area (Å²) in [6, 6.07) is 38.8. The van der Waals surface area contributed by atoms with E-state index in [1.807, 2.05) is 159 Å². The van der Waals surface area contributed by atoms with Crippen molar-refractivity contribution in [2.24, 2.45) is 0 Å². The first-order valence-electron chi connectivity index (χ1n) is 21.2. The third-order valence-corrected chi connectivity index (χ3v) is 13.5. The van der Waals surface area contributed by atoms with Crippen LogP contribution in [0.15, 0.2) is 131 Å². The summed E-state index contributed by atoms with van der Waals surface area (Å²) in [6.45, 7) is 5.58. The van der Waals surface area contributed by atoms with Crippen molar-refractivity contribution in [2.75, 3.05) is 64.2 Å². The van der Waals surface area contributed by atoms with Gasteiger partial charge in [0.15, 0.2) is 12.2 Å². The monoisotopic (exact) mass is 902 g/mol. The first-order chi connectivity index (χ1) is 30.8. The predicted octanol–water partition coefficient (Wildman–Crippen LogP) is 8.19. The van der Waals surface area contributed by atoms with Gasteiger partial charge in [0.25, 0.3) is 11.8 Å². The number of esters is 2. The van der Waals surface area contributed by atoms with Crippen molar-refractivity contribution in [1.29, 1.82) is 0 Å². The second-order valence-electron chi connectivity index (χ2n) is 16.2. The van der Waals surface area contributed by atoms with Crippen molar-refractivity contribution in [3.8, 4) is 11.5 Å². The van der Waals surface area contributed by atoms with Crippen LogP contribution in [0, 0.1) is 0 Å². The predicted molar refractivity (Wildman–Crippen MR) is 251 cm³/mol. The van der Waals surface area contributed by atoms with E-state index < -0.39 is 34.6 Å². The Kier molecular flexibility index (Phi) is 15.3. The Morgan fingerprint density at radius 3 is 1.23 bits per heavy atom. The molecule has 5 aromatic carbocycles. The van der Waals surface area contributed by atoms with Crippen LogP contribution in [0.1, 0.15) is 46.6 Å². The van der Waals surface area contributed by atoms with E-state index in [4.69, 9.17) is 18.9 Å². The second kappa shape index (κ2) is 21.3. The molecule has 0 spiro atoms. The number of nitrogens with zero attached hydrogens (tertiary/aromatic N) is 4. The molecule has 2 heterocycles. The SMILES string of the molecule is CC(=O)O[C@H]1C(=O)N(CCN(C)C)c2ccccc2S[C@H]1c1ccc(OCc2ccc(COc3ccc([C@@H]4Sc5ccccc5N(CCN(C)C)C(=O)[C@@H]4OC(C)=O)cc3)cc2)cc1. The van der Waals surface area contributed by atoms with Gasteiger partial charge in [0.1, 0.15) is 24.7 Å². The molecule has 0 fully saturated rings. The highest BCUT2D eigenvalue weighted by Gasteiger charge is 2.42. The van der Waals surface area contributed by atoms with Crippen LogP contribution < -0.4 is 19.3 Å². The van der Waals surface area contributed by atoms with E-state index in [2.05, 4.69) is 0 Å². The summed E-state index contributed by atoms with van der Waals surface area (Å²) in [4.78, 5) is 62.1. The Balaban J connectivity index is 0.967. The Morgan fingerprint density at radius 1 is 0.531 bits per heavy atom. The van der Waals surface area contributed by atoms with E-state index >= 15 is 0 Å². The summed E-state index contributed by atoms with van der Waals surface area (Å²) >= 11 is 3.04. The summed E-state index contributed by atoms with van der Waals surface area (Å²) < 4.78 is 23.8. The van der Waals surface area contributed by atoms with Gasteiger partial charge >= 0.3 is 11.9 Å². The quantitative estimate of drug-likeness (QED) is 0.0889. The normalized spacial score (nSPS) is 18.5. The van der Waals surface area contributed by atoms with Crippen LogP contribution in [-0.2, 0) is 41.9 Å². The molecule has 0 bridgehead atoms. The zero-order valence-corrected chi connectivity index (χ0v) is 38.6. The molecule has 4 atom stereocenters. The Hall–Kier alpha value is -5.80. The number of hydrogen-bond acceptors (Lipinski definition) is 12. The minimum atomic E-state index is -1.01. The molecule has 0 unspecified atom stereocenters. The van der Waals surface area contributed by atoms with E-state index in [0.29, 0.717) is 50.9 Å². The molecule has 0 saturated heterocycles. The number of likely N-dealkylation sites (N-methyl/N-ethyl adjacent to an activating group) is 2. The van der Waals surface area contributed by atoms with Crippen molar-refractivity contribution < 1.29 is 38.1 Å². The van der Waals surface area contributed by atoms with Crippen LogP contribution in [-0.4, -0.2) is 100 Å². The molecule has 64 heavy (non-hydrogen) atoms. The van der Waals surface area contributed by atoms with Gasteiger partial charge in [-0.2, -0.15) is 0 Å². The highest BCUT2D eigenvalue weighted by Crippen LogP contribution is 2.48. The fourth-order valence-corrected chi connectivity index (χ4v) is 10.1. The average molecular weight is 903 g/mol. The maximum Gasteiger partial charge on any atom is 0.303 e. The summed E-state index contributed by atoms with van der Waals surface area (Å²) in [6.07, 6.45) is -2.01. The van der Waals surface area contributed by atoms with E-state index in [0.717, 1.165) is 43.4 Å². The van der Waals surface area contributed by atoms with E-state index in [9.17, 15) is 19.2 Å². The van der Waals surface area contributed by atoms with Gasteiger partial charge in [0, 0.05) is 49.8 Å². The molecule has 12 nitrogen and oxygen atoms in total. The van der Waals surface area contributed by atoms with Crippen molar-refractivity contribution in [2.45, 2.75) is 59.6 Å². The van der Waals surface area contributed by atoms with Gasteiger partial charge in [0.2, 0.25) is 0 Å². The molecule has 7 rings (SSSR count). The lowest BCUT2D eigenvalue weighted by molar-refractivity contribution is -0.153. The largest absolute Gasteiger partial charge is 0.489 e. The fraction of sp³-hybridized carbons (Fsp3) is 0.320. The summed E-state index contributed by atoms with van der Waals surface area (Å²) in [5, 5.41) is -0.922. The number of para-hydroxylation sites is 2. The lowest BCUT2D eigenvalue weighted by Crippen LogP contribution is -2.45. The number of ether oxygens (including phenoxy) is 4. The summed E-state index contributed by atoms with van der Waals surface area (Å²) in [5.41, 5.74) is 5.26. The van der Waals surface area contributed by atoms with Crippen molar-refractivity contribution in [1.82, 2.24) is 9.80 Å². The number of benzene rings is 5. The van der Waals surface area contributed by atoms with Gasteiger partial charge in [-0.15, -0.1) is 23.5 Å².